The molecule has 0 N–H and O–H groups in total. The molecule has 1 aliphatic heterocycles. The normalized spacial score (nSPS) is 14.9. The Labute approximate surface area is 241 Å². The van der Waals surface area contributed by atoms with Crippen molar-refractivity contribution in [2.75, 3.05) is 19.8 Å². The number of nitrogens with zero attached hydrogens (tertiary/aromatic N) is 3. The second-order valence-electron chi connectivity index (χ2n) is 8.68. The Balaban J connectivity index is 1.54. The number of ether oxygens (including phenoxy) is 3. The van der Waals surface area contributed by atoms with Gasteiger partial charge in [0.25, 0.3) is 11.6 Å². The third kappa shape index (κ3) is 7.31. The van der Waals surface area contributed by atoms with E-state index in [1.165, 1.54) is 23.9 Å². The summed E-state index contributed by atoms with van der Waals surface area (Å²) in [5, 5.41) is 11.4. The van der Waals surface area contributed by atoms with Gasteiger partial charge < -0.3 is 14.2 Å². The highest BCUT2D eigenvalue weighted by molar-refractivity contribution is 8.18. The maximum Gasteiger partial charge on any atom is 0.338 e. The molecule has 0 unspecified atom stereocenters. The van der Waals surface area contributed by atoms with Crippen molar-refractivity contribution in [1.82, 2.24) is 4.90 Å². The predicted molar refractivity (Wildman–Crippen MR) is 157 cm³/mol. The van der Waals surface area contributed by atoms with Crippen molar-refractivity contribution in [2.45, 2.75) is 27.4 Å². The summed E-state index contributed by atoms with van der Waals surface area (Å²) in [6, 6.07) is 18.3. The summed E-state index contributed by atoms with van der Waals surface area (Å²) >= 11 is 1.25. The van der Waals surface area contributed by atoms with Gasteiger partial charge in [-0.1, -0.05) is 12.1 Å². The lowest BCUT2D eigenvalue weighted by atomic mass is 10.1. The lowest BCUT2D eigenvalue weighted by molar-refractivity contribution is -0.384. The molecule has 0 spiro atoms. The first kappa shape index (κ1) is 29.3. The van der Waals surface area contributed by atoms with Crippen LogP contribution in [0.25, 0.3) is 6.08 Å². The van der Waals surface area contributed by atoms with Crippen LogP contribution in [0.1, 0.15) is 42.3 Å². The second-order valence-corrected chi connectivity index (χ2v) is 9.69. The van der Waals surface area contributed by atoms with Crippen LogP contribution in [0.5, 0.6) is 11.5 Å². The molecule has 1 amide bonds. The Bertz CT molecular complexity index is 1500. The van der Waals surface area contributed by atoms with E-state index in [4.69, 9.17) is 14.2 Å². The maximum absolute atomic E-state index is 13.2. The zero-order chi connectivity index (χ0) is 29.4. The molecular formula is C30H29N3O7S. The highest BCUT2D eigenvalue weighted by atomic mass is 32.2. The van der Waals surface area contributed by atoms with E-state index in [0.717, 1.165) is 11.1 Å². The molecule has 3 aromatic carbocycles. The summed E-state index contributed by atoms with van der Waals surface area (Å²) < 4.78 is 16.8. The Morgan fingerprint density at radius 3 is 2.46 bits per heavy atom. The fourth-order valence-corrected chi connectivity index (χ4v) is 4.99. The SMILES string of the molecule is CCOC(=O)c1cccc(N=C2SC(=Cc3ccc(OCc4ccc([N+](=O)[O-])cc4)c(OCC)c3)C(=O)N2CC)c1. The van der Waals surface area contributed by atoms with Gasteiger partial charge in [-0.05, 0) is 92.2 Å². The van der Waals surface area contributed by atoms with Crippen LogP contribution in [0.2, 0.25) is 0 Å². The van der Waals surface area contributed by atoms with E-state index in [9.17, 15) is 19.7 Å². The van der Waals surface area contributed by atoms with Crippen LogP contribution >= 0.6 is 11.8 Å². The number of non-ortho nitro benzene ring substituents is 1. The number of benzene rings is 3. The number of hydrogen-bond donors (Lipinski definition) is 0. The number of hydrogen-bond acceptors (Lipinski definition) is 9. The van der Waals surface area contributed by atoms with Gasteiger partial charge >= 0.3 is 5.97 Å². The van der Waals surface area contributed by atoms with Crippen LogP contribution < -0.4 is 9.47 Å². The molecule has 212 valence electrons. The number of esters is 1. The van der Waals surface area contributed by atoms with Crippen molar-refractivity contribution in [2.24, 2.45) is 4.99 Å². The molecule has 3 aromatic rings. The zero-order valence-electron chi connectivity index (χ0n) is 22.9. The van der Waals surface area contributed by atoms with Crippen LogP contribution in [-0.4, -0.2) is 46.6 Å². The van der Waals surface area contributed by atoms with Gasteiger partial charge in [-0.2, -0.15) is 0 Å². The molecule has 0 radical (unpaired) electrons. The van der Waals surface area contributed by atoms with Crippen molar-refractivity contribution in [3.8, 4) is 11.5 Å². The van der Waals surface area contributed by atoms with E-state index in [2.05, 4.69) is 4.99 Å². The molecule has 1 aliphatic rings. The molecule has 4 rings (SSSR count). The summed E-state index contributed by atoms with van der Waals surface area (Å²) in [5.41, 5.74) is 2.46. The van der Waals surface area contributed by atoms with Gasteiger partial charge in [-0.25, -0.2) is 9.79 Å². The lowest BCUT2D eigenvalue weighted by Crippen LogP contribution is -2.28. The fourth-order valence-electron chi connectivity index (χ4n) is 3.93. The van der Waals surface area contributed by atoms with Crippen LogP contribution in [0.4, 0.5) is 11.4 Å². The Hall–Kier alpha value is -4.64. The van der Waals surface area contributed by atoms with Crippen molar-refractivity contribution in [3.63, 3.8) is 0 Å². The molecule has 0 aliphatic carbocycles. The minimum Gasteiger partial charge on any atom is -0.490 e. The molecule has 1 saturated heterocycles. The number of amides is 1. The summed E-state index contributed by atoms with van der Waals surface area (Å²) in [5.74, 6) is 0.421. The van der Waals surface area contributed by atoms with E-state index < -0.39 is 10.9 Å². The third-order valence-electron chi connectivity index (χ3n) is 5.89. The number of rotatable bonds is 11. The lowest BCUT2D eigenvalue weighted by Gasteiger charge is -2.13. The Morgan fingerprint density at radius 2 is 1.78 bits per heavy atom. The minimum atomic E-state index is -0.448. The molecule has 0 saturated carbocycles. The average molecular weight is 576 g/mol. The van der Waals surface area contributed by atoms with Crippen LogP contribution in [0.15, 0.2) is 76.6 Å². The summed E-state index contributed by atoms with van der Waals surface area (Å²) in [7, 11) is 0. The largest absolute Gasteiger partial charge is 0.490 e. The third-order valence-corrected chi connectivity index (χ3v) is 6.90. The van der Waals surface area contributed by atoms with E-state index in [1.807, 2.05) is 19.9 Å². The number of amidine groups is 1. The van der Waals surface area contributed by atoms with Gasteiger partial charge in [0.1, 0.15) is 6.61 Å². The molecule has 1 heterocycles. The van der Waals surface area contributed by atoms with Crippen LogP contribution in [-0.2, 0) is 16.1 Å². The smallest absolute Gasteiger partial charge is 0.338 e. The van der Waals surface area contributed by atoms with E-state index in [-0.39, 0.29) is 24.8 Å². The standard InChI is InChI=1S/C30H29N3O7S/c1-4-32-28(34)27(41-30(32)31-23-9-7-8-22(18-23)29(35)39-6-3)17-21-12-15-25(26(16-21)38-5-2)40-19-20-10-13-24(14-11-20)33(36)37/h7-18H,4-6,19H2,1-3H3. The molecule has 0 bridgehead atoms. The van der Waals surface area contributed by atoms with E-state index >= 15 is 0 Å². The summed E-state index contributed by atoms with van der Waals surface area (Å²) in [6.07, 6.45) is 1.77. The van der Waals surface area contributed by atoms with Gasteiger partial charge in [0, 0.05) is 18.7 Å². The van der Waals surface area contributed by atoms with Crippen molar-refractivity contribution >= 4 is 46.3 Å². The predicted octanol–water partition coefficient (Wildman–Crippen LogP) is 6.37. The molecule has 0 atom stereocenters. The maximum atomic E-state index is 13.2. The van der Waals surface area contributed by atoms with Crippen LogP contribution in [0.3, 0.4) is 0 Å². The van der Waals surface area contributed by atoms with Gasteiger partial charge in [0.05, 0.1) is 34.3 Å². The molecule has 10 nitrogen and oxygen atoms in total. The molecule has 0 aromatic heterocycles. The monoisotopic (exact) mass is 575 g/mol. The number of likely N-dealkylation sites (N-methyl/N-ethyl adjacent to an activating group) is 1. The highest BCUT2D eigenvalue weighted by Gasteiger charge is 2.32. The van der Waals surface area contributed by atoms with Crippen molar-refractivity contribution in [1.29, 1.82) is 0 Å². The Morgan fingerprint density at radius 1 is 1.00 bits per heavy atom. The minimum absolute atomic E-state index is 0.0144. The van der Waals surface area contributed by atoms with Crippen LogP contribution in [0, 0.1) is 10.1 Å². The van der Waals surface area contributed by atoms with Crippen molar-refractivity contribution in [3.05, 3.63) is 98.4 Å². The first-order chi connectivity index (χ1) is 19.8. The number of nitro benzene ring substituents is 1. The molecule has 1 fully saturated rings. The summed E-state index contributed by atoms with van der Waals surface area (Å²) in [4.78, 5) is 42.5. The molecular weight excluding hydrogens is 546 g/mol. The van der Waals surface area contributed by atoms with E-state index in [0.29, 0.717) is 46.0 Å². The first-order valence-corrected chi connectivity index (χ1v) is 13.8. The second kappa shape index (κ2) is 13.6. The number of aliphatic imine (C=N–C) groups is 1. The number of nitro groups is 1. The van der Waals surface area contributed by atoms with Gasteiger partial charge in [0.2, 0.25) is 0 Å². The van der Waals surface area contributed by atoms with Gasteiger partial charge in [0.15, 0.2) is 16.7 Å². The number of carbonyl (C=O) groups excluding carboxylic acids is 2. The first-order valence-electron chi connectivity index (χ1n) is 13.0. The number of thioether (sulfide) groups is 1. The molecule has 41 heavy (non-hydrogen) atoms. The highest BCUT2D eigenvalue weighted by Crippen LogP contribution is 2.36. The quantitative estimate of drug-likeness (QED) is 0.112. The van der Waals surface area contributed by atoms with Crippen molar-refractivity contribution < 1.29 is 28.7 Å². The topological polar surface area (TPSA) is 121 Å². The number of carbonyl (C=O) groups is 2. The Kier molecular flexibility index (Phi) is 9.75. The fraction of sp³-hybridized carbons (Fsp3) is 0.233. The van der Waals surface area contributed by atoms with Gasteiger partial charge in [-0.3, -0.25) is 19.8 Å². The average Bonchev–Trinajstić information content (AvgIpc) is 3.26. The zero-order valence-corrected chi connectivity index (χ0v) is 23.7. The summed E-state index contributed by atoms with van der Waals surface area (Å²) in [6.45, 7) is 6.80. The van der Waals surface area contributed by atoms with Gasteiger partial charge in [-0.15, -0.1) is 0 Å². The molecule has 11 heteroatoms. The van der Waals surface area contributed by atoms with E-state index in [1.54, 1.807) is 66.4 Å².